The van der Waals surface area contributed by atoms with Crippen molar-refractivity contribution >= 4 is 0 Å². The Morgan fingerprint density at radius 2 is 2.00 bits per heavy atom. The summed E-state index contributed by atoms with van der Waals surface area (Å²) in [5.74, 6) is 0. The maximum atomic E-state index is 8.97. The summed E-state index contributed by atoms with van der Waals surface area (Å²) in [7, 11) is 0. The van der Waals surface area contributed by atoms with Crippen molar-refractivity contribution in [3.63, 3.8) is 0 Å². The summed E-state index contributed by atoms with van der Waals surface area (Å²) in [6.45, 7) is 0. The Morgan fingerprint density at radius 3 is 2.82 bits per heavy atom. The number of fused-ring (bicyclic) bond motifs is 1. The fourth-order valence-electron chi connectivity index (χ4n) is 2.49. The van der Waals surface area contributed by atoms with Crippen LogP contribution in [0.1, 0.15) is 29.7 Å². The topological polar surface area (TPSA) is 52.5 Å². The molecule has 3 rings (SSSR count). The first-order valence-corrected chi connectivity index (χ1v) is 5.94. The van der Waals surface area contributed by atoms with Crippen molar-refractivity contribution in [2.75, 3.05) is 0 Å². The minimum atomic E-state index is 0.473. The highest BCUT2D eigenvalue weighted by Gasteiger charge is 2.12. The predicted molar refractivity (Wildman–Crippen MR) is 65.4 cm³/mol. The van der Waals surface area contributed by atoms with Crippen LogP contribution in [0.4, 0.5) is 0 Å². The summed E-state index contributed by atoms with van der Waals surface area (Å²) in [6, 6.07) is 8.58. The quantitative estimate of drug-likeness (QED) is 0.808. The first-order valence-electron chi connectivity index (χ1n) is 5.94. The maximum Gasteiger partial charge on any atom is 0.166 e. The van der Waals surface area contributed by atoms with Gasteiger partial charge in [-0.2, -0.15) is 5.26 Å². The second kappa shape index (κ2) is 4.06. The van der Waals surface area contributed by atoms with Gasteiger partial charge in [0.15, 0.2) is 5.69 Å². The molecule has 0 amide bonds. The van der Waals surface area contributed by atoms with E-state index in [9.17, 15) is 0 Å². The molecule has 1 aliphatic carbocycles. The largest absolute Gasteiger partial charge is 0.343 e. The molecule has 0 unspecified atom stereocenters. The van der Waals surface area contributed by atoms with E-state index in [1.807, 2.05) is 0 Å². The third-order valence-electron chi connectivity index (χ3n) is 3.38. The number of imidazole rings is 1. The van der Waals surface area contributed by atoms with E-state index in [4.69, 9.17) is 5.26 Å². The molecule has 1 N–H and O–H groups in total. The number of aromatic nitrogens is 2. The van der Waals surface area contributed by atoms with Crippen LogP contribution in [0.15, 0.2) is 24.5 Å². The second-order valence-corrected chi connectivity index (χ2v) is 4.43. The molecule has 1 aliphatic rings. The van der Waals surface area contributed by atoms with Crippen molar-refractivity contribution in [3.8, 4) is 17.3 Å². The number of aryl methyl sites for hydroxylation is 2. The van der Waals surface area contributed by atoms with Gasteiger partial charge in [0.2, 0.25) is 0 Å². The molecule has 0 saturated heterocycles. The summed E-state index contributed by atoms with van der Waals surface area (Å²) in [4.78, 5) is 7.05. The number of nitrogens with zero attached hydrogens (tertiary/aromatic N) is 2. The Morgan fingerprint density at radius 1 is 1.18 bits per heavy atom. The van der Waals surface area contributed by atoms with Crippen LogP contribution in [0, 0.1) is 11.3 Å². The zero-order chi connectivity index (χ0) is 11.7. The van der Waals surface area contributed by atoms with E-state index in [0.717, 1.165) is 17.7 Å². The number of rotatable bonds is 1. The third kappa shape index (κ3) is 1.72. The molecule has 3 heteroatoms. The summed E-state index contributed by atoms with van der Waals surface area (Å²) in [6.07, 6.45) is 6.47. The molecule has 0 saturated carbocycles. The van der Waals surface area contributed by atoms with Crippen molar-refractivity contribution in [1.82, 2.24) is 9.97 Å². The van der Waals surface area contributed by atoms with Gasteiger partial charge in [-0.1, -0.05) is 12.1 Å². The van der Waals surface area contributed by atoms with E-state index in [1.165, 1.54) is 30.4 Å². The van der Waals surface area contributed by atoms with Gasteiger partial charge in [-0.15, -0.1) is 0 Å². The summed E-state index contributed by atoms with van der Waals surface area (Å²) in [5, 5.41) is 8.97. The first-order chi connectivity index (χ1) is 8.38. The fourth-order valence-corrected chi connectivity index (χ4v) is 2.49. The van der Waals surface area contributed by atoms with Crippen LogP contribution < -0.4 is 0 Å². The molecule has 0 radical (unpaired) electrons. The summed E-state index contributed by atoms with van der Waals surface area (Å²) >= 11 is 0. The van der Waals surface area contributed by atoms with Crippen LogP contribution in [0.5, 0.6) is 0 Å². The third-order valence-corrected chi connectivity index (χ3v) is 3.38. The van der Waals surface area contributed by atoms with Crippen molar-refractivity contribution in [1.29, 1.82) is 5.26 Å². The molecule has 0 fully saturated rings. The molecule has 0 bridgehead atoms. The molecule has 3 nitrogen and oxygen atoms in total. The van der Waals surface area contributed by atoms with Gasteiger partial charge in [0.25, 0.3) is 0 Å². The minimum absolute atomic E-state index is 0.473. The zero-order valence-corrected chi connectivity index (χ0v) is 9.53. The molecule has 84 valence electrons. The van der Waals surface area contributed by atoms with Crippen LogP contribution in [0.25, 0.3) is 11.3 Å². The molecule has 1 aromatic heterocycles. The first kappa shape index (κ1) is 10.1. The number of nitrogens with one attached hydrogen (secondary N) is 1. The Hall–Kier alpha value is -2.08. The Labute approximate surface area is 100 Å². The van der Waals surface area contributed by atoms with Crippen molar-refractivity contribution < 1.29 is 0 Å². The van der Waals surface area contributed by atoms with Crippen LogP contribution >= 0.6 is 0 Å². The SMILES string of the molecule is N#Cc1nc[nH]c1-c1ccc2c(c1)CCCC2. The smallest absolute Gasteiger partial charge is 0.166 e. The lowest BCUT2D eigenvalue weighted by Gasteiger charge is -2.16. The van der Waals surface area contributed by atoms with Crippen molar-refractivity contribution in [3.05, 3.63) is 41.3 Å². The van der Waals surface area contributed by atoms with E-state index in [1.54, 1.807) is 6.33 Å². The lowest BCUT2D eigenvalue weighted by atomic mass is 9.90. The van der Waals surface area contributed by atoms with Crippen LogP contribution in [0.2, 0.25) is 0 Å². The molecule has 1 heterocycles. The number of benzene rings is 1. The van der Waals surface area contributed by atoms with Gasteiger partial charge >= 0.3 is 0 Å². The Balaban J connectivity index is 2.08. The van der Waals surface area contributed by atoms with Gasteiger partial charge in [-0.25, -0.2) is 4.98 Å². The summed E-state index contributed by atoms with van der Waals surface area (Å²) < 4.78 is 0. The number of nitriles is 1. The Bertz CT molecular complexity index is 590. The van der Waals surface area contributed by atoms with Crippen molar-refractivity contribution in [2.45, 2.75) is 25.7 Å². The fraction of sp³-hybridized carbons (Fsp3) is 0.286. The lowest BCUT2D eigenvalue weighted by molar-refractivity contribution is 0.686. The standard InChI is InChI=1S/C14H13N3/c15-8-13-14(17-9-16-13)12-6-5-10-3-1-2-4-11(10)7-12/h5-7,9H,1-4H2,(H,16,17). The van der Waals surface area contributed by atoms with E-state index in [0.29, 0.717) is 5.69 Å². The molecule has 0 spiro atoms. The van der Waals surface area contributed by atoms with Gasteiger partial charge in [-0.05, 0) is 42.9 Å². The average Bonchev–Trinajstić information content (AvgIpc) is 2.86. The van der Waals surface area contributed by atoms with E-state index >= 15 is 0 Å². The van der Waals surface area contributed by atoms with Gasteiger partial charge in [-0.3, -0.25) is 0 Å². The molecular formula is C14H13N3. The van der Waals surface area contributed by atoms with Gasteiger partial charge in [0.05, 0.1) is 12.0 Å². The van der Waals surface area contributed by atoms with Crippen molar-refractivity contribution in [2.24, 2.45) is 0 Å². The van der Waals surface area contributed by atoms with Gasteiger partial charge < -0.3 is 4.98 Å². The molecule has 0 aliphatic heterocycles. The molecule has 1 aromatic carbocycles. The number of aromatic amines is 1. The molecular weight excluding hydrogens is 210 g/mol. The number of H-pyrrole nitrogens is 1. The monoisotopic (exact) mass is 223 g/mol. The minimum Gasteiger partial charge on any atom is -0.343 e. The highest BCUT2D eigenvalue weighted by molar-refractivity contribution is 5.66. The predicted octanol–water partition coefficient (Wildman–Crippen LogP) is 2.83. The molecule has 2 aromatic rings. The van der Waals surface area contributed by atoms with E-state index < -0.39 is 0 Å². The molecule has 17 heavy (non-hydrogen) atoms. The second-order valence-electron chi connectivity index (χ2n) is 4.43. The summed E-state index contributed by atoms with van der Waals surface area (Å²) in [5.41, 5.74) is 5.26. The van der Waals surface area contributed by atoms with Gasteiger partial charge in [0, 0.05) is 5.56 Å². The highest BCUT2D eigenvalue weighted by atomic mass is 14.9. The van der Waals surface area contributed by atoms with Gasteiger partial charge in [0.1, 0.15) is 6.07 Å². The lowest BCUT2D eigenvalue weighted by Crippen LogP contribution is -2.02. The van der Waals surface area contributed by atoms with E-state index in [-0.39, 0.29) is 0 Å². The Kier molecular flexibility index (Phi) is 2.41. The molecule has 0 atom stereocenters. The van der Waals surface area contributed by atoms with Crippen LogP contribution in [0.3, 0.4) is 0 Å². The highest BCUT2D eigenvalue weighted by Crippen LogP contribution is 2.27. The maximum absolute atomic E-state index is 8.97. The normalized spacial score (nSPS) is 14.1. The average molecular weight is 223 g/mol. The zero-order valence-electron chi connectivity index (χ0n) is 9.53. The van der Waals surface area contributed by atoms with Crippen LogP contribution in [-0.4, -0.2) is 9.97 Å². The van der Waals surface area contributed by atoms with E-state index in [2.05, 4.69) is 34.2 Å². The van der Waals surface area contributed by atoms with Crippen LogP contribution in [-0.2, 0) is 12.8 Å². The number of hydrogen-bond donors (Lipinski definition) is 1. The number of hydrogen-bond acceptors (Lipinski definition) is 2.